The number of hydrogen-bond donors (Lipinski definition) is 0. The summed E-state index contributed by atoms with van der Waals surface area (Å²) in [5.74, 6) is 0.811. The molecule has 0 aliphatic carbocycles. The molecule has 0 bridgehead atoms. The summed E-state index contributed by atoms with van der Waals surface area (Å²) in [5, 5.41) is 1.41. The highest BCUT2D eigenvalue weighted by molar-refractivity contribution is 6.29. The van der Waals surface area contributed by atoms with Crippen LogP contribution in [0.25, 0.3) is 22.4 Å². The highest BCUT2D eigenvalue weighted by Gasteiger charge is 2.06. The molecule has 0 atom stereocenters. The molecule has 0 saturated carbocycles. The van der Waals surface area contributed by atoms with Crippen molar-refractivity contribution in [2.24, 2.45) is 0 Å². The Morgan fingerprint density at radius 1 is 1.00 bits per heavy atom. The number of fused-ring (bicyclic) bond motifs is 1. The van der Waals surface area contributed by atoms with Crippen LogP contribution in [0.15, 0.2) is 52.9 Å². The molecule has 0 spiro atoms. The first-order valence-corrected chi connectivity index (χ1v) is 5.32. The molecular weight excluding hydrogens is 222 g/mol. The fourth-order valence-electron chi connectivity index (χ4n) is 1.64. The molecular formula is C13H8ClNO. The first kappa shape index (κ1) is 9.43. The summed E-state index contributed by atoms with van der Waals surface area (Å²) in [6.45, 7) is 0. The maximum atomic E-state index is 5.80. The highest BCUT2D eigenvalue weighted by Crippen LogP contribution is 2.27. The molecule has 0 amide bonds. The molecule has 16 heavy (non-hydrogen) atoms. The van der Waals surface area contributed by atoms with Gasteiger partial charge in [0.05, 0.1) is 0 Å². The van der Waals surface area contributed by atoms with Gasteiger partial charge in [-0.1, -0.05) is 41.9 Å². The Morgan fingerprint density at radius 3 is 2.62 bits per heavy atom. The third kappa shape index (κ3) is 1.57. The molecule has 0 unspecified atom stereocenters. The molecule has 0 aliphatic heterocycles. The number of pyridine rings is 1. The van der Waals surface area contributed by atoms with Gasteiger partial charge in [-0.25, -0.2) is 4.98 Å². The lowest BCUT2D eigenvalue weighted by Gasteiger charge is -1.93. The molecule has 2 aromatic heterocycles. The molecule has 0 aliphatic rings. The molecule has 2 nitrogen and oxygen atoms in total. The van der Waals surface area contributed by atoms with Crippen LogP contribution in [0.3, 0.4) is 0 Å². The van der Waals surface area contributed by atoms with E-state index in [-0.39, 0.29) is 0 Å². The van der Waals surface area contributed by atoms with Gasteiger partial charge in [0, 0.05) is 10.9 Å². The first-order valence-electron chi connectivity index (χ1n) is 4.94. The average Bonchev–Trinajstić information content (AvgIpc) is 2.73. The SMILES string of the molecule is Clc1ccc2cc(-c3ccccc3)oc2n1. The fourth-order valence-corrected chi connectivity index (χ4v) is 1.78. The normalized spacial score (nSPS) is 10.8. The molecule has 3 heteroatoms. The van der Waals surface area contributed by atoms with E-state index < -0.39 is 0 Å². The molecule has 0 fully saturated rings. The van der Waals surface area contributed by atoms with Crippen LogP contribution in [0.4, 0.5) is 0 Å². The standard InChI is InChI=1S/C13H8ClNO/c14-12-7-6-10-8-11(16-13(10)15-12)9-4-2-1-3-5-9/h1-8H. The van der Waals surface area contributed by atoms with Gasteiger partial charge < -0.3 is 4.42 Å². The maximum Gasteiger partial charge on any atom is 0.228 e. The van der Waals surface area contributed by atoms with Gasteiger partial charge in [0.2, 0.25) is 5.71 Å². The van der Waals surface area contributed by atoms with Crippen molar-refractivity contribution in [2.45, 2.75) is 0 Å². The summed E-state index contributed by atoms with van der Waals surface area (Å²) < 4.78 is 5.64. The van der Waals surface area contributed by atoms with E-state index >= 15 is 0 Å². The largest absolute Gasteiger partial charge is 0.438 e. The van der Waals surface area contributed by atoms with Crippen LogP contribution in [-0.2, 0) is 0 Å². The molecule has 3 aromatic rings. The van der Waals surface area contributed by atoms with Crippen molar-refractivity contribution < 1.29 is 4.42 Å². The van der Waals surface area contributed by atoms with Gasteiger partial charge >= 0.3 is 0 Å². The van der Waals surface area contributed by atoms with Crippen molar-refractivity contribution in [1.82, 2.24) is 4.98 Å². The van der Waals surface area contributed by atoms with Crippen LogP contribution in [0, 0.1) is 0 Å². The van der Waals surface area contributed by atoms with E-state index in [0.717, 1.165) is 16.7 Å². The Labute approximate surface area is 97.5 Å². The Hall–Kier alpha value is -1.80. The van der Waals surface area contributed by atoms with Crippen molar-refractivity contribution in [1.29, 1.82) is 0 Å². The minimum absolute atomic E-state index is 0.446. The molecule has 78 valence electrons. The van der Waals surface area contributed by atoms with Crippen LogP contribution in [0.5, 0.6) is 0 Å². The van der Waals surface area contributed by atoms with Crippen molar-refractivity contribution >= 4 is 22.7 Å². The van der Waals surface area contributed by atoms with Crippen LogP contribution in [0.2, 0.25) is 5.15 Å². The van der Waals surface area contributed by atoms with Crippen LogP contribution < -0.4 is 0 Å². The first-order chi connectivity index (χ1) is 7.83. The Bertz CT molecular complexity index is 631. The second-order valence-electron chi connectivity index (χ2n) is 3.51. The van der Waals surface area contributed by atoms with Crippen molar-refractivity contribution in [3.8, 4) is 11.3 Å². The van der Waals surface area contributed by atoms with E-state index in [9.17, 15) is 0 Å². The number of nitrogens with zero attached hydrogens (tertiary/aromatic N) is 1. The lowest BCUT2D eigenvalue weighted by atomic mass is 10.2. The predicted octanol–water partition coefficient (Wildman–Crippen LogP) is 4.15. The molecule has 2 heterocycles. The highest BCUT2D eigenvalue weighted by atomic mass is 35.5. The number of hydrogen-bond acceptors (Lipinski definition) is 2. The van der Waals surface area contributed by atoms with E-state index in [1.807, 2.05) is 42.5 Å². The minimum atomic E-state index is 0.446. The minimum Gasteiger partial charge on any atom is -0.438 e. The summed E-state index contributed by atoms with van der Waals surface area (Å²) in [5.41, 5.74) is 1.61. The molecule has 0 saturated heterocycles. The summed E-state index contributed by atoms with van der Waals surface area (Å²) in [6, 6.07) is 15.6. The third-order valence-electron chi connectivity index (χ3n) is 2.41. The van der Waals surface area contributed by atoms with Crippen LogP contribution in [0.1, 0.15) is 0 Å². The third-order valence-corrected chi connectivity index (χ3v) is 2.62. The quantitative estimate of drug-likeness (QED) is 0.586. The number of aromatic nitrogens is 1. The zero-order chi connectivity index (χ0) is 11.0. The van der Waals surface area contributed by atoms with Gasteiger partial charge in [-0.2, -0.15) is 0 Å². The van der Waals surface area contributed by atoms with Gasteiger partial charge in [0.1, 0.15) is 10.9 Å². The number of furan rings is 1. The zero-order valence-electron chi connectivity index (χ0n) is 8.35. The van der Waals surface area contributed by atoms with E-state index in [4.69, 9.17) is 16.0 Å². The van der Waals surface area contributed by atoms with E-state index in [2.05, 4.69) is 4.98 Å². The monoisotopic (exact) mass is 229 g/mol. The number of benzene rings is 1. The van der Waals surface area contributed by atoms with E-state index in [0.29, 0.717) is 10.9 Å². The van der Waals surface area contributed by atoms with Gasteiger partial charge in [-0.05, 0) is 18.2 Å². The van der Waals surface area contributed by atoms with Crippen LogP contribution in [-0.4, -0.2) is 4.98 Å². The van der Waals surface area contributed by atoms with E-state index in [1.54, 1.807) is 6.07 Å². The van der Waals surface area contributed by atoms with Crippen molar-refractivity contribution in [2.75, 3.05) is 0 Å². The lowest BCUT2D eigenvalue weighted by molar-refractivity contribution is 0.618. The second-order valence-corrected chi connectivity index (χ2v) is 3.89. The lowest BCUT2D eigenvalue weighted by Crippen LogP contribution is -1.72. The zero-order valence-corrected chi connectivity index (χ0v) is 9.11. The Morgan fingerprint density at radius 2 is 1.81 bits per heavy atom. The molecule has 0 N–H and O–H groups in total. The maximum absolute atomic E-state index is 5.80. The number of rotatable bonds is 1. The second kappa shape index (κ2) is 3.65. The van der Waals surface area contributed by atoms with E-state index in [1.165, 1.54) is 0 Å². The van der Waals surface area contributed by atoms with Gasteiger partial charge in [-0.3, -0.25) is 0 Å². The predicted molar refractivity (Wildman–Crippen MR) is 64.5 cm³/mol. The molecule has 0 radical (unpaired) electrons. The summed E-state index contributed by atoms with van der Waals surface area (Å²) in [4.78, 5) is 4.12. The number of halogens is 1. The smallest absolute Gasteiger partial charge is 0.228 e. The van der Waals surface area contributed by atoms with Crippen molar-refractivity contribution in [3.63, 3.8) is 0 Å². The van der Waals surface area contributed by atoms with Crippen molar-refractivity contribution in [3.05, 3.63) is 53.7 Å². The van der Waals surface area contributed by atoms with Crippen LogP contribution >= 0.6 is 11.6 Å². The topological polar surface area (TPSA) is 26.0 Å². The molecule has 1 aromatic carbocycles. The average molecular weight is 230 g/mol. The fraction of sp³-hybridized carbons (Fsp3) is 0. The summed E-state index contributed by atoms with van der Waals surface area (Å²) in [7, 11) is 0. The molecule has 3 rings (SSSR count). The summed E-state index contributed by atoms with van der Waals surface area (Å²) in [6.07, 6.45) is 0. The van der Waals surface area contributed by atoms with Gasteiger partial charge in [-0.15, -0.1) is 0 Å². The van der Waals surface area contributed by atoms with Gasteiger partial charge in [0.25, 0.3) is 0 Å². The summed E-state index contributed by atoms with van der Waals surface area (Å²) >= 11 is 5.80. The Kier molecular flexibility index (Phi) is 2.15. The Balaban J connectivity index is 2.19. The van der Waals surface area contributed by atoms with Gasteiger partial charge in [0.15, 0.2) is 0 Å².